The second-order valence-electron chi connectivity index (χ2n) is 12.1. The number of piperidine rings is 1. The van der Waals surface area contributed by atoms with Gasteiger partial charge >= 0.3 is 6.03 Å². The Morgan fingerprint density at radius 1 is 1.05 bits per heavy atom. The van der Waals surface area contributed by atoms with Crippen LogP contribution in [0.25, 0.3) is 22.2 Å². The van der Waals surface area contributed by atoms with E-state index < -0.39 is 5.60 Å². The number of rotatable bonds is 6. The van der Waals surface area contributed by atoms with Crippen LogP contribution in [0.5, 0.6) is 0 Å². The first-order chi connectivity index (χ1) is 21.3. The summed E-state index contributed by atoms with van der Waals surface area (Å²) in [6.45, 7) is 4.90. The first-order valence-corrected chi connectivity index (χ1v) is 15.7. The Balaban J connectivity index is 1.10. The van der Waals surface area contributed by atoms with Crippen LogP contribution < -0.4 is 10.2 Å². The first-order valence-electron chi connectivity index (χ1n) is 15.3. The normalized spacial score (nSPS) is 18.5. The van der Waals surface area contributed by atoms with E-state index in [4.69, 9.17) is 11.6 Å². The van der Waals surface area contributed by atoms with Crippen molar-refractivity contribution in [3.63, 3.8) is 0 Å². The van der Waals surface area contributed by atoms with Gasteiger partial charge in [0.25, 0.3) is 0 Å². The SMILES string of the molecule is CCC1(O)CN(c2ncnc3c2c(-c2ccccc2Cl)cn3CC(=O)N2CCC(N3CCc4ccccc4NC3=O)CC2)C1. The molecule has 0 saturated carbocycles. The number of aliphatic hydroxyl groups is 1. The van der Waals surface area contributed by atoms with Crippen molar-refractivity contribution in [2.24, 2.45) is 0 Å². The van der Waals surface area contributed by atoms with E-state index in [2.05, 4.69) is 26.3 Å². The van der Waals surface area contributed by atoms with E-state index >= 15 is 0 Å². The molecule has 2 aromatic carbocycles. The maximum Gasteiger partial charge on any atom is 0.322 e. The topological polar surface area (TPSA) is 107 Å². The van der Waals surface area contributed by atoms with E-state index in [0.717, 1.165) is 52.8 Å². The van der Waals surface area contributed by atoms with Gasteiger partial charge < -0.3 is 29.7 Å². The second-order valence-corrected chi connectivity index (χ2v) is 12.5. The van der Waals surface area contributed by atoms with Gasteiger partial charge in [-0.15, -0.1) is 0 Å². The molecule has 3 amide bonds. The van der Waals surface area contributed by atoms with Gasteiger partial charge in [0.1, 0.15) is 24.3 Å². The summed E-state index contributed by atoms with van der Waals surface area (Å²) in [6.07, 6.45) is 6.40. The number of β-amino-alcohol motifs (C(OH)–C–C–N with tert-alkyl or cyclic N) is 1. The third kappa shape index (κ3) is 5.16. The minimum absolute atomic E-state index is 0.00301. The molecule has 228 valence electrons. The third-order valence-corrected chi connectivity index (χ3v) is 9.76. The number of benzene rings is 2. The van der Waals surface area contributed by atoms with Crippen LogP contribution in [-0.4, -0.2) is 85.7 Å². The molecule has 3 aliphatic heterocycles. The number of carbonyl (C=O) groups is 2. The molecule has 0 aliphatic carbocycles. The van der Waals surface area contributed by atoms with E-state index in [1.54, 1.807) is 0 Å². The number of para-hydroxylation sites is 1. The highest BCUT2D eigenvalue weighted by Gasteiger charge is 2.41. The van der Waals surface area contributed by atoms with Crippen LogP contribution in [0.3, 0.4) is 0 Å². The van der Waals surface area contributed by atoms with Gasteiger partial charge in [-0.25, -0.2) is 14.8 Å². The van der Waals surface area contributed by atoms with Gasteiger partial charge in [0.2, 0.25) is 5.91 Å². The molecule has 10 nitrogen and oxygen atoms in total. The van der Waals surface area contributed by atoms with Crippen molar-refractivity contribution in [2.75, 3.05) is 42.9 Å². The number of likely N-dealkylation sites (tertiary alicyclic amines) is 1. The molecule has 5 heterocycles. The van der Waals surface area contributed by atoms with Crippen molar-refractivity contribution < 1.29 is 14.7 Å². The number of nitrogens with zero attached hydrogens (tertiary/aromatic N) is 6. The third-order valence-electron chi connectivity index (χ3n) is 9.43. The lowest BCUT2D eigenvalue weighted by Gasteiger charge is -2.47. The number of amides is 3. The highest BCUT2D eigenvalue weighted by molar-refractivity contribution is 6.33. The maximum absolute atomic E-state index is 13.7. The summed E-state index contributed by atoms with van der Waals surface area (Å²) in [5.41, 5.74) is 3.64. The minimum Gasteiger partial charge on any atom is -0.386 e. The van der Waals surface area contributed by atoms with Gasteiger partial charge in [-0.1, -0.05) is 54.9 Å². The fourth-order valence-corrected chi connectivity index (χ4v) is 7.04. The summed E-state index contributed by atoms with van der Waals surface area (Å²) < 4.78 is 1.89. The summed E-state index contributed by atoms with van der Waals surface area (Å²) in [5, 5.41) is 15.2. The van der Waals surface area contributed by atoms with Gasteiger partial charge in [-0.2, -0.15) is 0 Å². The fraction of sp³-hybridized carbons (Fsp3) is 0.394. The summed E-state index contributed by atoms with van der Waals surface area (Å²) in [6, 6.07) is 15.6. The standard InChI is InChI=1S/C33H36ClN7O3/c1-2-33(44)19-40(20-33)31-29-25(24-8-4-5-9-26(24)34)17-39(30(29)35-21-36-31)18-28(42)38-14-12-23(13-15-38)41-16-11-22-7-3-6-10-27(22)37-32(41)43/h3-10,17,21,23,44H,2,11-16,18-20H2,1H3,(H,37,43). The molecular weight excluding hydrogens is 578 g/mol. The molecule has 2 aromatic heterocycles. The molecule has 2 N–H and O–H groups in total. The molecule has 11 heteroatoms. The average Bonchev–Trinajstić information content (AvgIpc) is 3.29. The quantitative estimate of drug-likeness (QED) is 0.324. The van der Waals surface area contributed by atoms with Crippen LogP contribution in [0.15, 0.2) is 61.1 Å². The van der Waals surface area contributed by atoms with Crippen molar-refractivity contribution in [1.29, 1.82) is 0 Å². The molecular formula is C33H36ClN7O3. The Bertz CT molecular complexity index is 1730. The lowest BCUT2D eigenvalue weighted by atomic mass is 9.91. The van der Waals surface area contributed by atoms with E-state index in [1.807, 2.05) is 70.0 Å². The smallest absolute Gasteiger partial charge is 0.322 e. The van der Waals surface area contributed by atoms with E-state index in [9.17, 15) is 14.7 Å². The molecule has 44 heavy (non-hydrogen) atoms. The summed E-state index contributed by atoms with van der Waals surface area (Å²) in [7, 11) is 0. The number of nitrogens with one attached hydrogen (secondary N) is 1. The number of fused-ring (bicyclic) bond motifs is 2. The first kappa shape index (κ1) is 28.6. The number of halogens is 1. The molecule has 3 aliphatic rings. The molecule has 0 radical (unpaired) electrons. The number of hydrogen-bond donors (Lipinski definition) is 2. The molecule has 0 spiro atoms. The molecule has 2 saturated heterocycles. The van der Waals surface area contributed by atoms with Gasteiger partial charge in [-0.3, -0.25) is 4.79 Å². The Labute approximate surface area is 261 Å². The molecule has 0 bridgehead atoms. The predicted octanol–water partition coefficient (Wildman–Crippen LogP) is 4.79. The number of hydrogen-bond acceptors (Lipinski definition) is 6. The summed E-state index contributed by atoms with van der Waals surface area (Å²) in [5.74, 6) is 0.733. The molecule has 2 fully saturated rings. The van der Waals surface area contributed by atoms with Crippen molar-refractivity contribution >= 4 is 46.1 Å². The van der Waals surface area contributed by atoms with E-state index in [1.165, 1.54) is 6.33 Å². The van der Waals surface area contributed by atoms with Crippen molar-refractivity contribution in [1.82, 2.24) is 24.3 Å². The Morgan fingerprint density at radius 2 is 1.80 bits per heavy atom. The molecule has 0 unspecified atom stereocenters. The predicted molar refractivity (Wildman–Crippen MR) is 171 cm³/mol. The highest BCUT2D eigenvalue weighted by Crippen LogP contribution is 2.41. The monoisotopic (exact) mass is 613 g/mol. The van der Waals surface area contributed by atoms with Crippen LogP contribution in [0, 0.1) is 0 Å². The van der Waals surface area contributed by atoms with Crippen LogP contribution in [0.2, 0.25) is 5.02 Å². The number of aromatic nitrogens is 3. The van der Waals surface area contributed by atoms with Crippen molar-refractivity contribution in [2.45, 2.75) is 50.8 Å². The zero-order valence-corrected chi connectivity index (χ0v) is 25.5. The molecule has 7 rings (SSSR count). The van der Waals surface area contributed by atoms with Gasteiger partial charge in [0.05, 0.1) is 11.0 Å². The average molecular weight is 614 g/mol. The maximum atomic E-state index is 13.7. The number of urea groups is 1. The Hall–Kier alpha value is -4.15. The van der Waals surface area contributed by atoms with Gasteiger partial charge in [-0.05, 0) is 43.4 Å². The minimum atomic E-state index is -0.732. The Kier molecular flexibility index (Phi) is 7.42. The van der Waals surface area contributed by atoms with Crippen LogP contribution in [0.1, 0.15) is 31.7 Å². The van der Waals surface area contributed by atoms with Crippen LogP contribution in [0.4, 0.5) is 16.3 Å². The number of carbonyl (C=O) groups excluding carboxylic acids is 2. The lowest BCUT2D eigenvalue weighted by molar-refractivity contribution is -0.133. The second kappa shape index (κ2) is 11.4. The largest absolute Gasteiger partial charge is 0.386 e. The van der Waals surface area contributed by atoms with Crippen molar-refractivity contribution in [3.8, 4) is 11.1 Å². The van der Waals surface area contributed by atoms with Crippen LogP contribution >= 0.6 is 11.6 Å². The zero-order valence-electron chi connectivity index (χ0n) is 24.7. The van der Waals surface area contributed by atoms with Gasteiger partial charge in [0, 0.05) is 66.8 Å². The van der Waals surface area contributed by atoms with Gasteiger partial charge in [0.15, 0.2) is 0 Å². The lowest BCUT2D eigenvalue weighted by Crippen LogP contribution is -2.61. The summed E-state index contributed by atoms with van der Waals surface area (Å²) in [4.78, 5) is 41.9. The number of anilines is 2. The Morgan fingerprint density at radius 3 is 2.57 bits per heavy atom. The summed E-state index contributed by atoms with van der Waals surface area (Å²) >= 11 is 6.66. The van der Waals surface area contributed by atoms with E-state index in [0.29, 0.717) is 49.8 Å². The van der Waals surface area contributed by atoms with E-state index in [-0.39, 0.29) is 24.5 Å². The molecule has 0 atom stereocenters. The van der Waals surface area contributed by atoms with Crippen molar-refractivity contribution in [3.05, 3.63) is 71.6 Å². The fourth-order valence-electron chi connectivity index (χ4n) is 6.80. The zero-order chi connectivity index (χ0) is 30.4. The molecule has 4 aromatic rings. The van der Waals surface area contributed by atoms with Crippen LogP contribution in [-0.2, 0) is 17.8 Å². The highest BCUT2D eigenvalue weighted by atomic mass is 35.5.